The molecule has 8 nitrogen and oxygen atoms in total. The first-order valence-corrected chi connectivity index (χ1v) is 14.1. The van der Waals surface area contributed by atoms with Gasteiger partial charge in [0.25, 0.3) is 5.91 Å². The Morgan fingerprint density at radius 2 is 1.73 bits per heavy atom. The third kappa shape index (κ3) is 5.69. The lowest BCUT2D eigenvalue weighted by Crippen LogP contribution is -2.54. The van der Waals surface area contributed by atoms with Gasteiger partial charge < -0.3 is 16.0 Å². The molecule has 1 fully saturated rings. The number of fused-ring (bicyclic) bond motifs is 1. The number of aryl methyl sites for hydroxylation is 1. The van der Waals surface area contributed by atoms with Gasteiger partial charge in [0.05, 0.1) is 10.9 Å². The molecule has 3 atom stereocenters. The van der Waals surface area contributed by atoms with Gasteiger partial charge in [-0.3, -0.25) is 9.59 Å². The zero-order valence-electron chi connectivity index (χ0n) is 21.4. The second kappa shape index (κ2) is 11.0. The van der Waals surface area contributed by atoms with E-state index < -0.39 is 16.1 Å². The fourth-order valence-electron chi connectivity index (χ4n) is 4.98. The Morgan fingerprint density at radius 1 is 1.05 bits per heavy atom. The van der Waals surface area contributed by atoms with Crippen LogP contribution in [0, 0.1) is 12.8 Å². The monoisotopic (exact) mass is 522 g/mol. The maximum absolute atomic E-state index is 13.6. The van der Waals surface area contributed by atoms with E-state index >= 15 is 0 Å². The molecular weight excluding hydrogens is 488 g/mol. The quantitative estimate of drug-likeness (QED) is 0.437. The third-order valence-electron chi connectivity index (χ3n) is 7.08. The molecule has 0 bridgehead atoms. The van der Waals surface area contributed by atoms with Gasteiger partial charge in [0.1, 0.15) is 0 Å². The van der Waals surface area contributed by atoms with Crippen molar-refractivity contribution in [3.63, 3.8) is 0 Å². The van der Waals surface area contributed by atoms with Crippen LogP contribution < -0.4 is 15.8 Å². The maximum Gasteiger partial charge on any atom is 0.255 e. The standard InChI is InChI=1S/C28H34N4O4S/c1-4-20-17-32(28(34)19(3)29)16-15-24(20)31-37(35,36)26-14-13-25(22-11-7-8-12-23(22)26)30-27(33)21-10-6-5-9-18(21)2/h5-14,19-20,24,31H,4,15-17,29H2,1-3H3,(H,30,33)/t19-,20?,24?/m0/s1. The lowest BCUT2D eigenvalue weighted by molar-refractivity contribution is -0.134. The van der Waals surface area contributed by atoms with Gasteiger partial charge in [0, 0.05) is 41.2 Å². The highest BCUT2D eigenvalue weighted by atomic mass is 32.2. The summed E-state index contributed by atoms with van der Waals surface area (Å²) in [6, 6.07) is 16.7. The van der Waals surface area contributed by atoms with Crippen LogP contribution in [-0.4, -0.2) is 50.3 Å². The van der Waals surface area contributed by atoms with Crippen molar-refractivity contribution in [2.24, 2.45) is 11.7 Å². The number of rotatable bonds is 7. The molecule has 1 aliphatic heterocycles. The predicted molar refractivity (Wildman–Crippen MR) is 146 cm³/mol. The number of sulfonamides is 1. The highest BCUT2D eigenvalue weighted by Crippen LogP contribution is 2.31. The largest absolute Gasteiger partial charge is 0.341 e. The highest BCUT2D eigenvalue weighted by molar-refractivity contribution is 7.89. The molecule has 2 amide bonds. The number of nitrogens with one attached hydrogen (secondary N) is 2. The SMILES string of the molecule is CCC1CN(C(=O)[C@H](C)N)CCC1NS(=O)(=O)c1ccc(NC(=O)c2ccccc2C)c2ccccc12. The van der Waals surface area contributed by atoms with Crippen molar-refractivity contribution in [3.8, 4) is 0 Å². The van der Waals surface area contributed by atoms with Crippen LogP contribution in [-0.2, 0) is 14.8 Å². The van der Waals surface area contributed by atoms with Crippen molar-refractivity contribution in [2.75, 3.05) is 18.4 Å². The number of likely N-dealkylation sites (tertiary alicyclic amines) is 1. The highest BCUT2D eigenvalue weighted by Gasteiger charge is 2.34. The third-order valence-corrected chi connectivity index (χ3v) is 8.63. The molecule has 4 rings (SSSR count). The molecule has 1 saturated heterocycles. The van der Waals surface area contributed by atoms with Crippen LogP contribution in [0.25, 0.3) is 10.8 Å². The minimum Gasteiger partial charge on any atom is -0.341 e. The predicted octanol–water partition coefficient (Wildman–Crippen LogP) is 3.65. The fraction of sp³-hybridized carbons (Fsp3) is 0.357. The van der Waals surface area contributed by atoms with E-state index in [1.807, 2.05) is 38.1 Å². The Kier molecular flexibility index (Phi) is 7.96. The van der Waals surface area contributed by atoms with E-state index in [9.17, 15) is 18.0 Å². The molecule has 3 aromatic rings. The van der Waals surface area contributed by atoms with E-state index in [4.69, 9.17) is 5.73 Å². The van der Waals surface area contributed by atoms with Gasteiger partial charge in [-0.15, -0.1) is 0 Å². The van der Waals surface area contributed by atoms with Gasteiger partial charge in [-0.2, -0.15) is 0 Å². The van der Waals surface area contributed by atoms with Crippen molar-refractivity contribution in [1.82, 2.24) is 9.62 Å². The van der Waals surface area contributed by atoms with Crippen LogP contribution in [0.2, 0.25) is 0 Å². The molecular formula is C28H34N4O4S. The number of hydrogen-bond acceptors (Lipinski definition) is 5. The lowest BCUT2D eigenvalue weighted by Gasteiger charge is -2.39. The molecule has 0 radical (unpaired) electrons. The lowest BCUT2D eigenvalue weighted by atomic mass is 9.90. The Balaban J connectivity index is 1.60. The van der Waals surface area contributed by atoms with Gasteiger partial charge >= 0.3 is 0 Å². The van der Waals surface area contributed by atoms with Crippen molar-refractivity contribution < 1.29 is 18.0 Å². The van der Waals surface area contributed by atoms with Gasteiger partial charge in [-0.05, 0) is 49.9 Å². The van der Waals surface area contributed by atoms with Crippen LogP contribution in [0.4, 0.5) is 5.69 Å². The zero-order valence-corrected chi connectivity index (χ0v) is 22.2. The van der Waals surface area contributed by atoms with Gasteiger partial charge in [0.15, 0.2) is 0 Å². The molecule has 0 aliphatic carbocycles. The van der Waals surface area contributed by atoms with E-state index in [0.29, 0.717) is 41.5 Å². The Morgan fingerprint density at radius 3 is 2.41 bits per heavy atom. The molecule has 1 aliphatic rings. The van der Waals surface area contributed by atoms with Gasteiger partial charge in [-0.25, -0.2) is 13.1 Å². The smallest absolute Gasteiger partial charge is 0.255 e. The number of benzene rings is 3. The average Bonchev–Trinajstić information content (AvgIpc) is 2.88. The summed E-state index contributed by atoms with van der Waals surface area (Å²) in [7, 11) is -3.88. The molecule has 9 heteroatoms. The van der Waals surface area contributed by atoms with Gasteiger partial charge in [-0.1, -0.05) is 55.8 Å². The first kappa shape index (κ1) is 26.8. The van der Waals surface area contributed by atoms with Crippen molar-refractivity contribution in [1.29, 1.82) is 0 Å². The molecule has 2 unspecified atom stereocenters. The molecule has 4 N–H and O–H groups in total. The minimum atomic E-state index is -3.88. The summed E-state index contributed by atoms with van der Waals surface area (Å²) in [5.41, 5.74) is 7.72. The summed E-state index contributed by atoms with van der Waals surface area (Å²) in [5.74, 6) is -0.393. The number of carbonyl (C=O) groups excluding carboxylic acids is 2. The van der Waals surface area contributed by atoms with E-state index in [2.05, 4.69) is 10.0 Å². The Hall–Kier alpha value is -3.27. The number of hydrogen-bond donors (Lipinski definition) is 3. The molecule has 3 aromatic carbocycles. The van der Waals surface area contributed by atoms with Crippen molar-refractivity contribution in [3.05, 3.63) is 71.8 Å². The number of nitrogens with two attached hydrogens (primary N) is 1. The van der Waals surface area contributed by atoms with Crippen molar-refractivity contribution in [2.45, 2.75) is 50.6 Å². The van der Waals surface area contributed by atoms with E-state index in [1.54, 1.807) is 42.2 Å². The van der Waals surface area contributed by atoms with Crippen LogP contribution in [0.1, 0.15) is 42.6 Å². The van der Waals surface area contributed by atoms with Crippen molar-refractivity contribution >= 4 is 38.3 Å². The van der Waals surface area contributed by atoms with Crippen LogP contribution >= 0.6 is 0 Å². The summed E-state index contributed by atoms with van der Waals surface area (Å²) >= 11 is 0. The molecule has 0 spiro atoms. The normalized spacial score (nSPS) is 19.0. The first-order chi connectivity index (χ1) is 17.6. The van der Waals surface area contributed by atoms with E-state index in [0.717, 1.165) is 12.0 Å². The number of piperidine rings is 1. The fourth-order valence-corrected chi connectivity index (χ4v) is 6.53. The molecule has 0 saturated carbocycles. The number of nitrogens with zero attached hydrogens (tertiary/aromatic N) is 1. The number of carbonyl (C=O) groups is 2. The summed E-state index contributed by atoms with van der Waals surface area (Å²) < 4.78 is 30.1. The molecule has 196 valence electrons. The topological polar surface area (TPSA) is 122 Å². The van der Waals surface area contributed by atoms with Crippen LogP contribution in [0.3, 0.4) is 0 Å². The zero-order chi connectivity index (χ0) is 26.7. The van der Waals surface area contributed by atoms with E-state index in [-0.39, 0.29) is 28.7 Å². The van der Waals surface area contributed by atoms with E-state index in [1.165, 1.54) is 6.07 Å². The molecule has 0 aromatic heterocycles. The second-order valence-corrected chi connectivity index (χ2v) is 11.4. The summed E-state index contributed by atoms with van der Waals surface area (Å²) in [4.78, 5) is 27.2. The Bertz CT molecular complexity index is 1420. The summed E-state index contributed by atoms with van der Waals surface area (Å²) in [6.07, 6.45) is 1.24. The van der Waals surface area contributed by atoms with Crippen LogP contribution in [0.15, 0.2) is 65.6 Å². The average molecular weight is 523 g/mol. The summed E-state index contributed by atoms with van der Waals surface area (Å²) in [5, 5.41) is 4.10. The number of amides is 2. The number of anilines is 1. The molecule has 1 heterocycles. The minimum absolute atomic E-state index is 0.0230. The van der Waals surface area contributed by atoms with Gasteiger partial charge in [0.2, 0.25) is 15.9 Å². The second-order valence-electron chi connectivity index (χ2n) is 9.68. The summed E-state index contributed by atoms with van der Waals surface area (Å²) in [6.45, 7) is 6.45. The Labute approximate surface area is 218 Å². The maximum atomic E-state index is 13.6. The first-order valence-electron chi connectivity index (χ1n) is 12.6. The van der Waals surface area contributed by atoms with Crippen LogP contribution in [0.5, 0.6) is 0 Å². The molecule has 37 heavy (non-hydrogen) atoms.